The first-order chi connectivity index (χ1) is 14.2. The summed E-state index contributed by atoms with van der Waals surface area (Å²) in [4.78, 5) is 9.35. The van der Waals surface area contributed by atoms with Gasteiger partial charge in [0.15, 0.2) is 5.82 Å². The highest BCUT2D eigenvalue weighted by Gasteiger charge is 2.21. The van der Waals surface area contributed by atoms with Crippen molar-refractivity contribution in [2.45, 2.75) is 20.3 Å². The van der Waals surface area contributed by atoms with Crippen molar-refractivity contribution in [2.75, 3.05) is 47.8 Å². The van der Waals surface area contributed by atoms with Gasteiger partial charge < -0.3 is 15.1 Å². The topological polar surface area (TPSA) is 57.2 Å². The van der Waals surface area contributed by atoms with Crippen molar-refractivity contribution in [3.63, 3.8) is 0 Å². The van der Waals surface area contributed by atoms with E-state index in [0.29, 0.717) is 5.95 Å². The average molecular weight is 389 g/mol. The molecule has 1 aromatic heterocycles. The van der Waals surface area contributed by atoms with E-state index in [1.807, 2.05) is 6.07 Å². The second-order valence-corrected chi connectivity index (χ2v) is 7.50. The first kappa shape index (κ1) is 19.2. The molecule has 0 aliphatic carbocycles. The van der Waals surface area contributed by atoms with E-state index in [1.165, 1.54) is 22.4 Å². The monoisotopic (exact) mass is 388 g/mol. The first-order valence-electron chi connectivity index (χ1n) is 10.2. The largest absolute Gasteiger partial charge is 0.368 e. The van der Waals surface area contributed by atoms with Gasteiger partial charge in [0, 0.05) is 38.4 Å². The summed E-state index contributed by atoms with van der Waals surface area (Å²) in [6.07, 6.45) is 2.65. The van der Waals surface area contributed by atoms with E-state index in [9.17, 15) is 0 Å². The molecule has 2 aromatic carbocycles. The van der Waals surface area contributed by atoms with Crippen LogP contribution in [-0.4, -0.2) is 47.9 Å². The summed E-state index contributed by atoms with van der Waals surface area (Å²) in [5.74, 6) is 1.48. The van der Waals surface area contributed by atoms with Crippen molar-refractivity contribution in [2.24, 2.45) is 0 Å². The van der Waals surface area contributed by atoms with Gasteiger partial charge in [-0.2, -0.15) is 10.1 Å². The Hall–Kier alpha value is -3.15. The van der Waals surface area contributed by atoms with Crippen molar-refractivity contribution >= 4 is 17.5 Å². The lowest BCUT2D eigenvalue weighted by Gasteiger charge is -2.36. The van der Waals surface area contributed by atoms with Crippen molar-refractivity contribution in [1.82, 2.24) is 15.2 Å². The molecule has 6 heteroatoms. The minimum atomic E-state index is 0.704. The maximum absolute atomic E-state index is 4.68. The Bertz CT molecular complexity index is 935. The van der Waals surface area contributed by atoms with Crippen LogP contribution in [0.2, 0.25) is 0 Å². The van der Waals surface area contributed by atoms with Crippen LogP contribution >= 0.6 is 0 Å². The van der Waals surface area contributed by atoms with Crippen molar-refractivity contribution in [3.8, 4) is 0 Å². The molecule has 4 rings (SSSR count). The summed E-state index contributed by atoms with van der Waals surface area (Å²) >= 11 is 0. The highest BCUT2D eigenvalue weighted by molar-refractivity contribution is 5.57. The number of rotatable bonds is 6. The normalized spacial score (nSPS) is 14.1. The van der Waals surface area contributed by atoms with Crippen LogP contribution in [0.15, 0.2) is 54.7 Å². The molecule has 0 amide bonds. The molecular formula is C23H28N6. The number of hydrogen-bond donors (Lipinski definition) is 1. The van der Waals surface area contributed by atoms with E-state index in [4.69, 9.17) is 0 Å². The van der Waals surface area contributed by atoms with E-state index in [1.54, 1.807) is 6.20 Å². The molecule has 0 atom stereocenters. The van der Waals surface area contributed by atoms with Gasteiger partial charge in [0.25, 0.3) is 0 Å². The van der Waals surface area contributed by atoms with Crippen molar-refractivity contribution in [1.29, 1.82) is 0 Å². The number of piperazine rings is 1. The molecule has 0 spiro atoms. The average Bonchev–Trinajstić information content (AvgIpc) is 2.77. The molecule has 0 radical (unpaired) electrons. The lowest BCUT2D eigenvalue weighted by molar-refractivity contribution is 0.634. The predicted octanol–water partition coefficient (Wildman–Crippen LogP) is 3.47. The van der Waals surface area contributed by atoms with Gasteiger partial charge in [0.1, 0.15) is 0 Å². The molecule has 29 heavy (non-hydrogen) atoms. The molecular weight excluding hydrogens is 360 g/mol. The molecule has 1 aliphatic heterocycles. The van der Waals surface area contributed by atoms with E-state index in [-0.39, 0.29) is 0 Å². The molecule has 1 N–H and O–H groups in total. The van der Waals surface area contributed by atoms with Crippen LogP contribution in [0, 0.1) is 13.8 Å². The number of aromatic nitrogens is 3. The Kier molecular flexibility index (Phi) is 5.89. The van der Waals surface area contributed by atoms with Gasteiger partial charge in [0.05, 0.1) is 6.20 Å². The Morgan fingerprint density at radius 3 is 2.45 bits per heavy atom. The molecule has 1 aliphatic rings. The van der Waals surface area contributed by atoms with Crippen LogP contribution < -0.4 is 15.1 Å². The van der Waals surface area contributed by atoms with Crippen LogP contribution in [-0.2, 0) is 6.42 Å². The van der Waals surface area contributed by atoms with Gasteiger partial charge >= 0.3 is 0 Å². The second kappa shape index (κ2) is 8.90. The summed E-state index contributed by atoms with van der Waals surface area (Å²) in [5, 5.41) is 11.8. The third-order valence-corrected chi connectivity index (χ3v) is 5.59. The highest BCUT2D eigenvalue weighted by atomic mass is 15.4. The number of nitrogens with one attached hydrogen (secondary N) is 1. The summed E-state index contributed by atoms with van der Waals surface area (Å²) in [6.45, 7) is 8.89. The molecule has 150 valence electrons. The maximum Gasteiger partial charge on any atom is 0.247 e. The highest BCUT2D eigenvalue weighted by Crippen LogP contribution is 2.24. The molecule has 1 saturated heterocycles. The fourth-order valence-electron chi connectivity index (χ4n) is 3.72. The van der Waals surface area contributed by atoms with E-state index >= 15 is 0 Å². The quantitative estimate of drug-likeness (QED) is 0.698. The zero-order valence-electron chi connectivity index (χ0n) is 17.2. The van der Waals surface area contributed by atoms with Crippen LogP contribution in [0.3, 0.4) is 0 Å². The van der Waals surface area contributed by atoms with Gasteiger partial charge in [0.2, 0.25) is 5.95 Å². The Labute approximate surface area is 172 Å². The molecule has 0 saturated carbocycles. The number of aryl methyl sites for hydroxylation is 1. The van der Waals surface area contributed by atoms with Crippen LogP contribution in [0.1, 0.15) is 16.7 Å². The number of anilines is 3. The molecule has 2 heterocycles. The van der Waals surface area contributed by atoms with Crippen LogP contribution in [0.4, 0.5) is 17.5 Å². The third-order valence-electron chi connectivity index (χ3n) is 5.59. The Balaban J connectivity index is 1.34. The summed E-state index contributed by atoms with van der Waals surface area (Å²) in [7, 11) is 0. The molecule has 0 bridgehead atoms. The van der Waals surface area contributed by atoms with Gasteiger partial charge in [-0.1, -0.05) is 42.5 Å². The van der Waals surface area contributed by atoms with Gasteiger partial charge in [-0.15, -0.1) is 5.10 Å². The summed E-state index contributed by atoms with van der Waals surface area (Å²) in [5.41, 5.74) is 5.35. The molecule has 0 unspecified atom stereocenters. The van der Waals surface area contributed by atoms with Crippen molar-refractivity contribution < 1.29 is 0 Å². The van der Waals surface area contributed by atoms with Gasteiger partial charge in [-0.3, -0.25) is 0 Å². The molecule has 6 nitrogen and oxygen atoms in total. The maximum atomic E-state index is 4.68. The zero-order chi connectivity index (χ0) is 20.1. The van der Waals surface area contributed by atoms with Crippen LogP contribution in [0.25, 0.3) is 0 Å². The van der Waals surface area contributed by atoms with E-state index < -0.39 is 0 Å². The number of benzene rings is 2. The lowest BCUT2D eigenvalue weighted by atomic mass is 10.1. The van der Waals surface area contributed by atoms with Crippen LogP contribution in [0.5, 0.6) is 0 Å². The lowest BCUT2D eigenvalue weighted by Crippen LogP contribution is -2.47. The predicted molar refractivity (Wildman–Crippen MR) is 119 cm³/mol. The van der Waals surface area contributed by atoms with Gasteiger partial charge in [-0.05, 0) is 43.0 Å². The van der Waals surface area contributed by atoms with E-state index in [2.05, 4.69) is 86.6 Å². The zero-order valence-corrected chi connectivity index (χ0v) is 17.2. The minimum absolute atomic E-state index is 0.704. The SMILES string of the molecule is Cc1cccc(N2CCN(c3nncc(NCCc4ccccc4)n3)CC2)c1C. The Morgan fingerprint density at radius 2 is 1.66 bits per heavy atom. The molecule has 3 aromatic rings. The van der Waals surface area contributed by atoms with Gasteiger partial charge in [-0.25, -0.2) is 0 Å². The number of hydrogen-bond acceptors (Lipinski definition) is 6. The fraction of sp³-hybridized carbons (Fsp3) is 0.348. The summed E-state index contributed by atoms with van der Waals surface area (Å²) in [6, 6.07) is 17.0. The Morgan fingerprint density at radius 1 is 0.897 bits per heavy atom. The smallest absolute Gasteiger partial charge is 0.247 e. The van der Waals surface area contributed by atoms with Crippen molar-refractivity contribution in [3.05, 3.63) is 71.4 Å². The molecule has 1 fully saturated rings. The number of nitrogens with zero attached hydrogens (tertiary/aromatic N) is 5. The third kappa shape index (κ3) is 4.65. The second-order valence-electron chi connectivity index (χ2n) is 7.50. The standard InChI is InChI=1S/C23H28N6/c1-18-7-6-10-21(19(18)2)28-13-15-29(16-14-28)23-26-22(17-25-27-23)24-12-11-20-8-4-3-5-9-20/h3-10,17H,11-16H2,1-2H3,(H,24,26,27). The first-order valence-corrected chi connectivity index (χ1v) is 10.2. The minimum Gasteiger partial charge on any atom is -0.368 e. The summed E-state index contributed by atoms with van der Waals surface area (Å²) < 4.78 is 0. The fourth-order valence-corrected chi connectivity index (χ4v) is 3.72. The van der Waals surface area contributed by atoms with E-state index in [0.717, 1.165) is 45.0 Å².